The molecule has 0 radical (unpaired) electrons. The number of hydrogen-bond donors (Lipinski definition) is 0. The van der Waals surface area contributed by atoms with Gasteiger partial charge in [0, 0.05) is 38.0 Å². The number of rotatable bonds is 4. The minimum absolute atomic E-state index is 0.0987. The number of carbonyl (C=O) groups excluding carboxylic acids is 1. The van der Waals surface area contributed by atoms with Gasteiger partial charge in [0.05, 0.1) is 17.4 Å². The van der Waals surface area contributed by atoms with Crippen molar-refractivity contribution in [1.29, 1.82) is 0 Å². The summed E-state index contributed by atoms with van der Waals surface area (Å²) in [5.41, 5.74) is 5.56. The number of pyridine rings is 1. The van der Waals surface area contributed by atoms with Crippen LogP contribution in [0.4, 0.5) is 11.4 Å². The third-order valence-corrected chi connectivity index (χ3v) is 5.39. The molecule has 1 atom stereocenters. The van der Waals surface area contributed by atoms with Crippen molar-refractivity contribution in [1.82, 2.24) is 4.98 Å². The lowest BCUT2D eigenvalue weighted by Gasteiger charge is -2.43. The van der Waals surface area contributed by atoms with E-state index in [4.69, 9.17) is 0 Å². The molecule has 0 fully saturated rings. The molecule has 0 N–H and O–H groups in total. The predicted octanol–water partition coefficient (Wildman–Crippen LogP) is 4.90. The van der Waals surface area contributed by atoms with E-state index in [1.54, 1.807) is 13.1 Å². The van der Waals surface area contributed by atoms with Crippen LogP contribution >= 0.6 is 0 Å². The highest BCUT2D eigenvalue weighted by molar-refractivity contribution is 5.98. The van der Waals surface area contributed by atoms with Gasteiger partial charge in [-0.15, -0.1) is 0 Å². The Morgan fingerprint density at radius 3 is 2.54 bits per heavy atom. The van der Waals surface area contributed by atoms with E-state index in [1.807, 2.05) is 23.2 Å². The second-order valence-electron chi connectivity index (χ2n) is 7.26. The van der Waals surface area contributed by atoms with E-state index >= 15 is 0 Å². The van der Waals surface area contributed by atoms with Crippen molar-refractivity contribution in [2.45, 2.75) is 32.9 Å². The molecule has 0 spiro atoms. The Labute approximate surface area is 166 Å². The van der Waals surface area contributed by atoms with Crippen molar-refractivity contribution in [2.75, 3.05) is 16.3 Å². The standard InChI is InChI=1S/C24H25N3O/c1-3-22-17-26(16-19-8-5-4-6-9-19)24-14-20(21-10-7-13-25-15-21)11-12-23(24)27(22)18(2)28/h4-15,22H,3,16-17H2,1-2H3. The lowest BCUT2D eigenvalue weighted by atomic mass is 9.99. The van der Waals surface area contributed by atoms with E-state index in [1.165, 1.54) is 5.56 Å². The summed E-state index contributed by atoms with van der Waals surface area (Å²) in [5.74, 6) is 0.0987. The van der Waals surface area contributed by atoms with E-state index in [-0.39, 0.29) is 11.9 Å². The van der Waals surface area contributed by atoms with Crippen LogP contribution in [0.2, 0.25) is 0 Å². The number of hydrogen-bond acceptors (Lipinski definition) is 3. The van der Waals surface area contributed by atoms with Crippen LogP contribution < -0.4 is 9.80 Å². The summed E-state index contributed by atoms with van der Waals surface area (Å²) in [7, 11) is 0. The van der Waals surface area contributed by atoms with Gasteiger partial charge < -0.3 is 9.80 Å². The molecule has 1 unspecified atom stereocenters. The van der Waals surface area contributed by atoms with Crippen molar-refractivity contribution < 1.29 is 4.79 Å². The van der Waals surface area contributed by atoms with Crippen molar-refractivity contribution >= 4 is 17.3 Å². The molecule has 2 heterocycles. The van der Waals surface area contributed by atoms with Gasteiger partial charge in [0.1, 0.15) is 0 Å². The molecular weight excluding hydrogens is 346 g/mol. The topological polar surface area (TPSA) is 36.4 Å². The van der Waals surface area contributed by atoms with Crippen molar-refractivity contribution in [3.8, 4) is 11.1 Å². The van der Waals surface area contributed by atoms with Crippen LogP contribution in [-0.4, -0.2) is 23.5 Å². The SMILES string of the molecule is CCC1CN(Cc2ccccc2)c2cc(-c3cccnc3)ccc2N1C(C)=O. The summed E-state index contributed by atoms with van der Waals surface area (Å²) in [6.45, 7) is 5.46. The van der Waals surface area contributed by atoms with Gasteiger partial charge in [0.15, 0.2) is 0 Å². The molecule has 28 heavy (non-hydrogen) atoms. The van der Waals surface area contributed by atoms with Crippen LogP contribution in [0.15, 0.2) is 73.1 Å². The molecule has 4 nitrogen and oxygen atoms in total. The summed E-state index contributed by atoms with van der Waals surface area (Å²) in [6, 6.07) is 21.1. The predicted molar refractivity (Wildman–Crippen MR) is 114 cm³/mol. The van der Waals surface area contributed by atoms with Gasteiger partial charge in [-0.25, -0.2) is 0 Å². The molecule has 0 aliphatic carbocycles. The van der Waals surface area contributed by atoms with Crippen LogP contribution in [0.5, 0.6) is 0 Å². The van der Waals surface area contributed by atoms with Crippen molar-refractivity contribution in [2.24, 2.45) is 0 Å². The highest BCUT2D eigenvalue weighted by Crippen LogP contribution is 2.40. The maximum atomic E-state index is 12.4. The molecule has 1 aromatic heterocycles. The van der Waals surface area contributed by atoms with E-state index in [9.17, 15) is 4.79 Å². The summed E-state index contributed by atoms with van der Waals surface area (Å²) in [6.07, 6.45) is 4.59. The van der Waals surface area contributed by atoms with Gasteiger partial charge in [-0.2, -0.15) is 0 Å². The monoisotopic (exact) mass is 371 g/mol. The first-order valence-corrected chi connectivity index (χ1v) is 9.80. The fraction of sp³-hybridized carbons (Fsp3) is 0.250. The number of fused-ring (bicyclic) bond motifs is 1. The molecule has 4 rings (SSSR count). The number of anilines is 2. The van der Waals surface area contributed by atoms with E-state index in [0.717, 1.165) is 42.0 Å². The first-order valence-electron chi connectivity index (χ1n) is 9.80. The zero-order chi connectivity index (χ0) is 19.5. The van der Waals surface area contributed by atoms with E-state index in [2.05, 4.69) is 65.3 Å². The van der Waals surface area contributed by atoms with Crippen LogP contribution in [0.3, 0.4) is 0 Å². The van der Waals surface area contributed by atoms with E-state index < -0.39 is 0 Å². The highest BCUT2D eigenvalue weighted by atomic mass is 16.2. The van der Waals surface area contributed by atoms with Gasteiger partial charge >= 0.3 is 0 Å². The Hall–Kier alpha value is -3.14. The van der Waals surface area contributed by atoms with Gasteiger partial charge in [-0.05, 0) is 35.7 Å². The molecular formula is C24H25N3O. The maximum absolute atomic E-state index is 12.4. The summed E-state index contributed by atoms with van der Waals surface area (Å²) < 4.78 is 0. The number of nitrogens with zero attached hydrogens (tertiary/aromatic N) is 3. The van der Waals surface area contributed by atoms with Gasteiger partial charge in [0.2, 0.25) is 5.91 Å². The molecule has 4 heteroatoms. The number of aromatic nitrogens is 1. The Morgan fingerprint density at radius 2 is 1.86 bits per heavy atom. The smallest absolute Gasteiger partial charge is 0.224 e. The minimum Gasteiger partial charge on any atom is -0.363 e. The third-order valence-electron chi connectivity index (χ3n) is 5.39. The molecule has 1 aliphatic rings. The first kappa shape index (κ1) is 18.2. The Kier molecular flexibility index (Phi) is 5.11. The lowest BCUT2D eigenvalue weighted by molar-refractivity contribution is -0.117. The fourth-order valence-electron chi connectivity index (χ4n) is 4.02. The minimum atomic E-state index is 0.0987. The lowest BCUT2D eigenvalue weighted by Crippen LogP contribution is -2.50. The molecule has 0 saturated heterocycles. The summed E-state index contributed by atoms with van der Waals surface area (Å²) in [5, 5.41) is 0. The van der Waals surface area contributed by atoms with Crippen LogP contribution in [0.1, 0.15) is 25.8 Å². The zero-order valence-corrected chi connectivity index (χ0v) is 16.4. The Bertz CT molecular complexity index is 956. The first-order chi connectivity index (χ1) is 13.7. The van der Waals surface area contributed by atoms with Gasteiger partial charge in [0.25, 0.3) is 0 Å². The van der Waals surface area contributed by atoms with Crippen LogP contribution in [0.25, 0.3) is 11.1 Å². The Morgan fingerprint density at radius 1 is 1.04 bits per heavy atom. The molecule has 0 saturated carbocycles. The second-order valence-corrected chi connectivity index (χ2v) is 7.26. The average Bonchev–Trinajstić information content (AvgIpc) is 2.74. The van der Waals surface area contributed by atoms with Crippen LogP contribution in [-0.2, 0) is 11.3 Å². The molecule has 1 amide bonds. The molecule has 0 bridgehead atoms. The fourth-order valence-corrected chi connectivity index (χ4v) is 4.02. The number of amides is 1. The van der Waals surface area contributed by atoms with Crippen molar-refractivity contribution in [3.05, 3.63) is 78.6 Å². The van der Waals surface area contributed by atoms with Gasteiger partial charge in [-0.3, -0.25) is 9.78 Å². The maximum Gasteiger partial charge on any atom is 0.224 e. The molecule has 142 valence electrons. The molecule has 3 aromatic rings. The summed E-state index contributed by atoms with van der Waals surface area (Å²) in [4.78, 5) is 21.1. The zero-order valence-electron chi connectivity index (χ0n) is 16.4. The number of benzene rings is 2. The third kappa shape index (κ3) is 3.50. The number of carbonyl (C=O) groups is 1. The Balaban J connectivity index is 1.80. The normalized spacial score (nSPS) is 16.0. The van der Waals surface area contributed by atoms with Crippen molar-refractivity contribution in [3.63, 3.8) is 0 Å². The quantitative estimate of drug-likeness (QED) is 0.654. The van der Waals surface area contributed by atoms with E-state index in [0.29, 0.717) is 0 Å². The van der Waals surface area contributed by atoms with Crippen LogP contribution in [0, 0.1) is 0 Å². The molecule has 2 aromatic carbocycles. The second kappa shape index (κ2) is 7.85. The summed E-state index contributed by atoms with van der Waals surface area (Å²) >= 11 is 0. The average molecular weight is 371 g/mol. The van der Waals surface area contributed by atoms with Gasteiger partial charge in [-0.1, -0.05) is 49.4 Å². The molecule has 1 aliphatic heterocycles. The highest BCUT2D eigenvalue weighted by Gasteiger charge is 2.32. The largest absolute Gasteiger partial charge is 0.363 e.